The molecule has 0 unspecified atom stereocenters. The Morgan fingerprint density at radius 1 is 1.42 bits per heavy atom. The minimum atomic E-state index is -0.186. The molecule has 0 atom stereocenters. The molecule has 0 bridgehead atoms. The summed E-state index contributed by atoms with van der Waals surface area (Å²) in [6, 6.07) is 5.86. The summed E-state index contributed by atoms with van der Waals surface area (Å²) in [6.07, 6.45) is 1.51. The maximum Gasteiger partial charge on any atom is 0.243 e. The number of carbonyl (C=O) groups is 1. The molecule has 4 nitrogen and oxygen atoms in total. The van der Waals surface area contributed by atoms with Crippen LogP contribution in [0, 0.1) is 13.8 Å². The van der Waals surface area contributed by atoms with E-state index in [1.54, 1.807) is 4.90 Å². The summed E-state index contributed by atoms with van der Waals surface area (Å²) < 4.78 is 0. The van der Waals surface area contributed by atoms with Crippen molar-refractivity contribution in [1.29, 1.82) is 0 Å². The third-order valence-corrected chi connectivity index (χ3v) is 3.03. The van der Waals surface area contributed by atoms with E-state index in [9.17, 15) is 4.79 Å². The molecular weight excluding hydrogens is 262 g/mol. The minimum absolute atomic E-state index is 0.0874. The number of amides is 1. The van der Waals surface area contributed by atoms with E-state index in [-0.39, 0.29) is 18.5 Å². The molecule has 0 fully saturated rings. The Hall–Kier alpha value is -1.81. The summed E-state index contributed by atoms with van der Waals surface area (Å²) in [5.74, 6) is -0.273. The Morgan fingerprint density at radius 3 is 2.42 bits per heavy atom. The molecule has 102 valence electrons. The van der Waals surface area contributed by atoms with Crippen LogP contribution in [0.4, 0.5) is 5.69 Å². The Morgan fingerprint density at radius 2 is 2.00 bits per heavy atom. The van der Waals surface area contributed by atoms with Gasteiger partial charge in [0.15, 0.2) is 0 Å². The fourth-order valence-electron chi connectivity index (χ4n) is 1.88. The van der Waals surface area contributed by atoms with Crippen LogP contribution in [0.15, 0.2) is 36.1 Å². The van der Waals surface area contributed by atoms with E-state index in [0.29, 0.717) is 0 Å². The SMILES string of the molecule is C=CN(CN(C(=O)CCl)c1c(C)cccc1C)N=C. The van der Waals surface area contributed by atoms with Gasteiger partial charge in [0.1, 0.15) is 12.5 Å². The van der Waals surface area contributed by atoms with Gasteiger partial charge in [-0.15, -0.1) is 11.6 Å². The third-order valence-electron chi connectivity index (χ3n) is 2.80. The van der Waals surface area contributed by atoms with Gasteiger partial charge in [0, 0.05) is 12.9 Å². The first-order valence-electron chi connectivity index (χ1n) is 5.83. The number of nitrogens with zero attached hydrogens (tertiary/aromatic N) is 3. The molecule has 0 saturated heterocycles. The van der Waals surface area contributed by atoms with E-state index >= 15 is 0 Å². The van der Waals surface area contributed by atoms with Crippen LogP contribution >= 0.6 is 11.6 Å². The van der Waals surface area contributed by atoms with Gasteiger partial charge in [-0.1, -0.05) is 24.8 Å². The zero-order valence-electron chi connectivity index (χ0n) is 11.3. The first-order chi connectivity index (χ1) is 9.04. The summed E-state index contributed by atoms with van der Waals surface area (Å²) in [7, 11) is 0. The van der Waals surface area contributed by atoms with Gasteiger partial charge in [0.2, 0.25) is 5.91 Å². The van der Waals surface area contributed by atoms with E-state index in [2.05, 4.69) is 18.4 Å². The molecule has 0 N–H and O–H groups in total. The molecule has 0 aliphatic rings. The average Bonchev–Trinajstić information content (AvgIpc) is 2.41. The molecule has 1 aromatic rings. The number of rotatable bonds is 6. The molecule has 0 saturated carbocycles. The van der Waals surface area contributed by atoms with Crippen molar-refractivity contribution in [1.82, 2.24) is 5.01 Å². The average molecular weight is 280 g/mol. The van der Waals surface area contributed by atoms with Gasteiger partial charge in [-0.2, -0.15) is 5.10 Å². The monoisotopic (exact) mass is 279 g/mol. The highest BCUT2D eigenvalue weighted by Crippen LogP contribution is 2.25. The van der Waals surface area contributed by atoms with Crippen molar-refractivity contribution in [3.8, 4) is 0 Å². The zero-order chi connectivity index (χ0) is 14.4. The van der Waals surface area contributed by atoms with Gasteiger partial charge in [0.05, 0.1) is 5.69 Å². The fraction of sp³-hybridized carbons (Fsp3) is 0.286. The van der Waals surface area contributed by atoms with Crippen LogP contribution < -0.4 is 4.90 Å². The number of hydrazone groups is 1. The smallest absolute Gasteiger partial charge is 0.243 e. The van der Waals surface area contributed by atoms with Crippen molar-refractivity contribution in [2.45, 2.75) is 13.8 Å². The third kappa shape index (κ3) is 3.58. The van der Waals surface area contributed by atoms with E-state index in [4.69, 9.17) is 11.6 Å². The predicted molar refractivity (Wildman–Crippen MR) is 80.6 cm³/mol. The van der Waals surface area contributed by atoms with Gasteiger partial charge >= 0.3 is 0 Å². The van der Waals surface area contributed by atoms with Gasteiger partial charge < -0.3 is 0 Å². The van der Waals surface area contributed by atoms with Gasteiger partial charge in [-0.3, -0.25) is 14.7 Å². The molecule has 1 aromatic carbocycles. The Labute approximate surface area is 119 Å². The van der Waals surface area contributed by atoms with E-state index < -0.39 is 0 Å². The second-order valence-corrected chi connectivity index (χ2v) is 4.37. The number of anilines is 1. The number of benzene rings is 1. The number of aryl methyl sites for hydroxylation is 2. The molecule has 0 radical (unpaired) electrons. The lowest BCUT2D eigenvalue weighted by Crippen LogP contribution is -2.39. The van der Waals surface area contributed by atoms with Crippen molar-refractivity contribution < 1.29 is 4.79 Å². The van der Waals surface area contributed by atoms with Crippen LogP contribution in [-0.4, -0.2) is 30.2 Å². The molecule has 0 aromatic heterocycles. The van der Waals surface area contributed by atoms with Crippen LogP contribution in [0.3, 0.4) is 0 Å². The molecule has 0 spiro atoms. The standard InChI is InChI=1S/C14H18ClN3O/c1-5-17(16-4)10-18(13(19)9-15)14-11(2)7-6-8-12(14)3/h5-8H,1,4,9-10H2,2-3H3. The van der Waals surface area contributed by atoms with Crippen LogP contribution in [0.5, 0.6) is 0 Å². The quantitative estimate of drug-likeness (QED) is 0.347. The second kappa shape index (κ2) is 6.95. The van der Waals surface area contributed by atoms with Crippen molar-refractivity contribution in [3.63, 3.8) is 0 Å². The van der Waals surface area contributed by atoms with E-state index in [1.165, 1.54) is 11.2 Å². The van der Waals surface area contributed by atoms with Gasteiger partial charge in [-0.05, 0) is 25.0 Å². The highest BCUT2D eigenvalue weighted by atomic mass is 35.5. The second-order valence-electron chi connectivity index (χ2n) is 4.10. The molecule has 0 heterocycles. The first kappa shape index (κ1) is 15.2. The topological polar surface area (TPSA) is 35.9 Å². The summed E-state index contributed by atoms with van der Waals surface area (Å²) in [6.45, 7) is 11.2. The molecule has 19 heavy (non-hydrogen) atoms. The molecule has 5 heteroatoms. The summed E-state index contributed by atoms with van der Waals surface area (Å²) >= 11 is 5.69. The number of para-hydroxylation sites is 1. The zero-order valence-corrected chi connectivity index (χ0v) is 12.0. The first-order valence-corrected chi connectivity index (χ1v) is 6.37. The van der Waals surface area contributed by atoms with Crippen molar-refractivity contribution in [2.75, 3.05) is 17.4 Å². The molecule has 0 aliphatic carbocycles. The number of alkyl halides is 1. The lowest BCUT2D eigenvalue weighted by molar-refractivity contribution is -0.116. The largest absolute Gasteiger partial charge is 0.291 e. The highest BCUT2D eigenvalue weighted by molar-refractivity contribution is 6.29. The molecule has 1 amide bonds. The minimum Gasteiger partial charge on any atom is -0.291 e. The van der Waals surface area contributed by atoms with Gasteiger partial charge in [-0.25, -0.2) is 0 Å². The van der Waals surface area contributed by atoms with Gasteiger partial charge in [0.25, 0.3) is 0 Å². The van der Waals surface area contributed by atoms with Crippen molar-refractivity contribution >= 4 is 29.9 Å². The van der Waals surface area contributed by atoms with Crippen LogP contribution in [0.1, 0.15) is 11.1 Å². The summed E-state index contributed by atoms with van der Waals surface area (Å²) in [4.78, 5) is 13.6. The lowest BCUT2D eigenvalue weighted by Gasteiger charge is -2.28. The number of hydrogen-bond acceptors (Lipinski definition) is 3. The molecular formula is C14H18ClN3O. The predicted octanol–water partition coefficient (Wildman–Crippen LogP) is 2.89. The van der Waals surface area contributed by atoms with Crippen LogP contribution in [0.25, 0.3) is 0 Å². The molecule has 1 rings (SSSR count). The van der Waals surface area contributed by atoms with Crippen LogP contribution in [-0.2, 0) is 4.79 Å². The lowest BCUT2D eigenvalue weighted by atomic mass is 10.1. The Kier molecular flexibility index (Phi) is 5.57. The normalized spacial score (nSPS) is 9.84. The van der Waals surface area contributed by atoms with E-state index in [1.807, 2.05) is 32.0 Å². The number of hydrogen-bond donors (Lipinski definition) is 0. The summed E-state index contributed by atoms with van der Waals surface area (Å²) in [5.41, 5.74) is 2.86. The maximum absolute atomic E-state index is 12.1. The number of halogens is 1. The Balaban J connectivity index is 3.20. The van der Waals surface area contributed by atoms with E-state index in [0.717, 1.165) is 16.8 Å². The fourth-order valence-corrected chi connectivity index (χ4v) is 2.03. The Bertz CT molecular complexity index is 459. The molecule has 0 aliphatic heterocycles. The maximum atomic E-state index is 12.1. The van der Waals surface area contributed by atoms with Crippen molar-refractivity contribution in [2.24, 2.45) is 5.10 Å². The highest BCUT2D eigenvalue weighted by Gasteiger charge is 2.20. The van der Waals surface area contributed by atoms with Crippen molar-refractivity contribution in [3.05, 3.63) is 42.1 Å². The number of carbonyl (C=O) groups excluding carboxylic acids is 1. The summed E-state index contributed by atoms with van der Waals surface area (Å²) in [5, 5.41) is 5.26. The van der Waals surface area contributed by atoms with Crippen LogP contribution in [0.2, 0.25) is 0 Å².